The number of hydrogen-bond acceptors (Lipinski definition) is 4. The SMILES string of the molecule is C=C(F)COC(=O)/C(F)=C/C=C/COC(=O)C(C)(C)F. The molecule has 0 saturated carbocycles. The number of ether oxygens (including phenoxy) is 2. The topological polar surface area (TPSA) is 52.6 Å². The molecule has 0 saturated heterocycles. The molecule has 0 amide bonds. The molecule has 0 bridgehead atoms. The Morgan fingerprint density at radius 3 is 2.35 bits per heavy atom. The first-order chi connectivity index (χ1) is 9.14. The molecular formula is C13H15F3O4. The Bertz CT molecular complexity index is 433. The van der Waals surface area contributed by atoms with Gasteiger partial charge in [-0.05, 0) is 26.0 Å². The summed E-state index contributed by atoms with van der Waals surface area (Å²) in [6.07, 6.45) is 2.99. The molecule has 0 atom stereocenters. The van der Waals surface area contributed by atoms with Gasteiger partial charge in [-0.25, -0.2) is 18.4 Å². The summed E-state index contributed by atoms with van der Waals surface area (Å²) in [5.74, 6) is -4.59. The zero-order chi connectivity index (χ0) is 15.8. The smallest absolute Gasteiger partial charge is 0.367 e. The van der Waals surface area contributed by atoms with E-state index in [1.54, 1.807) is 0 Å². The molecule has 0 aromatic carbocycles. The van der Waals surface area contributed by atoms with Crippen molar-refractivity contribution in [3.63, 3.8) is 0 Å². The fourth-order valence-corrected chi connectivity index (χ4v) is 0.784. The molecule has 0 aromatic rings. The standard InChI is InChI=1S/C13H15F3O4/c1-9(14)8-20-11(17)10(15)6-4-5-7-19-12(18)13(2,3)16/h4-6H,1,7-8H2,2-3H3/b5-4+,10-6-. The van der Waals surface area contributed by atoms with Gasteiger partial charge in [-0.15, -0.1) is 0 Å². The highest BCUT2D eigenvalue weighted by Gasteiger charge is 2.27. The van der Waals surface area contributed by atoms with Crippen LogP contribution in [0.25, 0.3) is 0 Å². The lowest BCUT2D eigenvalue weighted by Crippen LogP contribution is -2.28. The number of rotatable bonds is 7. The van der Waals surface area contributed by atoms with Gasteiger partial charge in [0.05, 0.1) is 0 Å². The van der Waals surface area contributed by atoms with Gasteiger partial charge in [0.15, 0.2) is 0 Å². The molecule has 0 radical (unpaired) electrons. The van der Waals surface area contributed by atoms with Crippen LogP contribution in [0.2, 0.25) is 0 Å². The highest BCUT2D eigenvalue weighted by Crippen LogP contribution is 2.10. The Labute approximate surface area is 114 Å². The van der Waals surface area contributed by atoms with Crippen LogP contribution < -0.4 is 0 Å². The summed E-state index contributed by atoms with van der Waals surface area (Å²) in [6.45, 7) is 3.89. The van der Waals surface area contributed by atoms with Crippen LogP contribution in [0, 0.1) is 0 Å². The van der Waals surface area contributed by atoms with Crippen molar-refractivity contribution in [1.82, 2.24) is 0 Å². The molecule has 7 heteroatoms. The molecular weight excluding hydrogens is 277 g/mol. The molecule has 0 fully saturated rings. The summed E-state index contributed by atoms with van der Waals surface area (Å²) in [4.78, 5) is 21.9. The Morgan fingerprint density at radius 1 is 1.25 bits per heavy atom. The molecule has 4 nitrogen and oxygen atoms in total. The first-order valence-electron chi connectivity index (χ1n) is 5.53. The summed E-state index contributed by atoms with van der Waals surface area (Å²) in [7, 11) is 0. The van der Waals surface area contributed by atoms with Gasteiger partial charge in [0.2, 0.25) is 11.5 Å². The van der Waals surface area contributed by atoms with Crippen LogP contribution in [0.1, 0.15) is 13.8 Å². The molecule has 0 aromatic heterocycles. The number of halogens is 3. The van der Waals surface area contributed by atoms with E-state index in [9.17, 15) is 22.8 Å². The lowest BCUT2D eigenvalue weighted by molar-refractivity contribution is -0.154. The van der Waals surface area contributed by atoms with Gasteiger partial charge >= 0.3 is 11.9 Å². The monoisotopic (exact) mass is 292 g/mol. The molecule has 0 aliphatic rings. The number of allylic oxidation sites excluding steroid dienone is 2. The van der Waals surface area contributed by atoms with Crippen molar-refractivity contribution in [1.29, 1.82) is 0 Å². The number of carbonyl (C=O) groups excluding carboxylic acids is 2. The summed E-state index contributed by atoms with van der Waals surface area (Å²) in [5, 5.41) is 0. The lowest BCUT2D eigenvalue weighted by atomic mass is 10.2. The lowest BCUT2D eigenvalue weighted by Gasteiger charge is -2.11. The minimum Gasteiger partial charge on any atom is -0.459 e. The van der Waals surface area contributed by atoms with Crippen LogP contribution in [-0.2, 0) is 19.1 Å². The van der Waals surface area contributed by atoms with E-state index in [-0.39, 0.29) is 6.61 Å². The Kier molecular flexibility index (Phi) is 7.35. The molecule has 0 heterocycles. The average molecular weight is 292 g/mol. The van der Waals surface area contributed by atoms with Crippen LogP contribution >= 0.6 is 0 Å². The van der Waals surface area contributed by atoms with Gasteiger partial charge < -0.3 is 9.47 Å². The van der Waals surface area contributed by atoms with E-state index < -0.39 is 35.9 Å². The van der Waals surface area contributed by atoms with Crippen molar-refractivity contribution in [2.75, 3.05) is 13.2 Å². The van der Waals surface area contributed by atoms with E-state index >= 15 is 0 Å². The zero-order valence-corrected chi connectivity index (χ0v) is 11.1. The number of alkyl halides is 1. The number of esters is 2. The molecule has 0 unspecified atom stereocenters. The van der Waals surface area contributed by atoms with Crippen LogP contribution in [0.3, 0.4) is 0 Å². The third-order valence-corrected chi connectivity index (χ3v) is 1.73. The van der Waals surface area contributed by atoms with Crippen molar-refractivity contribution in [2.24, 2.45) is 0 Å². The molecule has 0 rings (SSSR count). The maximum atomic E-state index is 13.0. The van der Waals surface area contributed by atoms with Crippen molar-refractivity contribution in [3.05, 3.63) is 36.5 Å². The van der Waals surface area contributed by atoms with Crippen molar-refractivity contribution < 1.29 is 32.2 Å². The Hall–Kier alpha value is -2.05. The van der Waals surface area contributed by atoms with Gasteiger partial charge in [0, 0.05) is 0 Å². The molecule has 0 spiro atoms. The van der Waals surface area contributed by atoms with Gasteiger partial charge in [0.25, 0.3) is 0 Å². The van der Waals surface area contributed by atoms with Crippen LogP contribution in [0.15, 0.2) is 36.5 Å². The van der Waals surface area contributed by atoms with E-state index in [0.717, 1.165) is 26.0 Å². The molecule has 20 heavy (non-hydrogen) atoms. The highest BCUT2D eigenvalue weighted by molar-refractivity contribution is 5.86. The molecule has 0 aliphatic carbocycles. The first kappa shape index (κ1) is 17.9. The normalized spacial score (nSPS) is 12.3. The van der Waals surface area contributed by atoms with Crippen LogP contribution in [-0.4, -0.2) is 30.8 Å². The quantitative estimate of drug-likeness (QED) is 0.411. The largest absolute Gasteiger partial charge is 0.459 e. The van der Waals surface area contributed by atoms with Crippen LogP contribution in [0.4, 0.5) is 13.2 Å². The third kappa shape index (κ3) is 8.12. The van der Waals surface area contributed by atoms with Gasteiger partial charge in [-0.1, -0.05) is 12.7 Å². The second-order valence-corrected chi connectivity index (χ2v) is 4.11. The van der Waals surface area contributed by atoms with Gasteiger partial charge in [-0.2, -0.15) is 4.39 Å². The van der Waals surface area contributed by atoms with E-state index in [1.807, 2.05) is 0 Å². The molecule has 0 N–H and O–H groups in total. The summed E-state index contributed by atoms with van der Waals surface area (Å²) >= 11 is 0. The average Bonchev–Trinajstić information content (AvgIpc) is 2.33. The minimum atomic E-state index is -2.12. The minimum absolute atomic E-state index is 0.285. The van der Waals surface area contributed by atoms with E-state index in [4.69, 9.17) is 0 Å². The van der Waals surface area contributed by atoms with E-state index in [1.165, 1.54) is 6.08 Å². The van der Waals surface area contributed by atoms with E-state index in [2.05, 4.69) is 16.1 Å². The van der Waals surface area contributed by atoms with Crippen molar-refractivity contribution >= 4 is 11.9 Å². The molecule has 0 aliphatic heterocycles. The second kappa shape index (κ2) is 8.19. The first-order valence-corrected chi connectivity index (χ1v) is 5.53. The predicted octanol–water partition coefficient (Wildman–Crippen LogP) is 2.71. The highest BCUT2D eigenvalue weighted by atomic mass is 19.1. The fourth-order valence-electron chi connectivity index (χ4n) is 0.784. The zero-order valence-electron chi connectivity index (χ0n) is 11.1. The Morgan fingerprint density at radius 2 is 1.85 bits per heavy atom. The number of carbonyl (C=O) groups is 2. The molecule has 112 valence electrons. The summed E-state index contributed by atoms with van der Waals surface area (Å²) in [6, 6.07) is 0. The fraction of sp³-hybridized carbons (Fsp3) is 0.385. The third-order valence-electron chi connectivity index (χ3n) is 1.73. The summed E-state index contributed by atoms with van der Waals surface area (Å²) < 4.78 is 46.9. The van der Waals surface area contributed by atoms with Gasteiger partial charge in [-0.3, -0.25) is 0 Å². The van der Waals surface area contributed by atoms with Crippen molar-refractivity contribution in [2.45, 2.75) is 19.5 Å². The number of hydrogen-bond donors (Lipinski definition) is 0. The second-order valence-electron chi connectivity index (χ2n) is 4.11. The Balaban J connectivity index is 4.15. The van der Waals surface area contributed by atoms with Gasteiger partial charge in [0.1, 0.15) is 19.0 Å². The van der Waals surface area contributed by atoms with Crippen LogP contribution in [0.5, 0.6) is 0 Å². The van der Waals surface area contributed by atoms with E-state index in [0.29, 0.717) is 0 Å². The predicted molar refractivity (Wildman–Crippen MR) is 65.7 cm³/mol. The summed E-state index contributed by atoms with van der Waals surface area (Å²) in [5.41, 5.74) is -2.12. The maximum absolute atomic E-state index is 13.0. The van der Waals surface area contributed by atoms with Crippen molar-refractivity contribution in [3.8, 4) is 0 Å². The maximum Gasteiger partial charge on any atom is 0.367 e.